The number of Topliss-reactive ketones (excluding diaryl/α,β-unsaturated/α-hetero) is 1. The van der Waals surface area contributed by atoms with Crippen molar-refractivity contribution < 1.29 is 14.6 Å². The molecule has 4 aliphatic carbocycles. The Bertz CT molecular complexity index is 4830. The van der Waals surface area contributed by atoms with Gasteiger partial charge in [-0.15, -0.1) is 0 Å². The Morgan fingerprint density at radius 1 is 0.574 bits per heavy atom. The van der Waals surface area contributed by atoms with Gasteiger partial charge >= 0.3 is 0 Å². The summed E-state index contributed by atoms with van der Waals surface area (Å²) in [5.41, 5.74) is 20.3. The zero-order valence-electron chi connectivity index (χ0n) is 53.3. The number of carbonyl (C=O) groups is 1. The second kappa shape index (κ2) is 29.5. The van der Waals surface area contributed by atoms with Gasteiger partial charge in [0.1, 0.15) is 11.5 Å². The van der Waals surface area contributed by atoms with Crippen molar-refractivity contribution in [3.05, 3.63) is 392 Å². The molecule has 4 atom stereocenters. The molecule has 94 heavy (non-hydrogen) atoms. The summed E-state index contributed by atoms with van der Waals surface area (Å²) >= 11 is 0. The Morgan fingerprint density at radius 3 is 1.63 bits per heavy atom. The number of carbonyl (C=O) groups excluding carboxylic acids is 1. The Balaban J connectivity index is 0.892. The van der Waals surface area contributed by atoms with Crippen molar-refractivity contribution in [2.24, 2.45) is 17.8 Å². The molecule has 0 radical (unpaired) electrons. The summed E-state index contributed by atoms with van der Waals surface area (Å²) in [4.78, 5) is 15.6. The van der Waals surface area contributed by atoms with Gasteiger partial charge in [-0.2, -0.15) is 0 Å². The number of hydrogen-bond acceptors (Lipinski definition) is 3. The van der Waals surface area contributed by atoms with Crippen LogP contribution in [0.5, 0.6) is 11.5 Å². The number of hydrogen-bond donors (Lipinski definition) is 1. The number of ether oxygens (including phenoxy) is 1. The lowest BCUT2D eigenvalue weighted by molar-refractivity contribution is -0.108. The molecule has 4 unspecified atom stereocenters. The molecule has 0 spiro atoms. The summed E-state index contributed by atoms with van der Waals surface area (Å²) < 4.78 is 6.72. The van der Waals surface area contributed by atoms with E-state index in [1.807, 2.05) is 220 Å². The maximum Gasteiger partial charge on any atom is 0.195 e. The fourth-order valence-electron chi connectivity index (χ4n) is 12.4. The van der Waals surface area contributed by atoms with Crippen LogP contribution >= 0.6 is 0 Å². The molecule has 452 valence electrons. The molecule has 3 nitrogen and oxygen atoms in total. The zero-order chi connectivity index (χ0) is 64.8. The maximum absolute atomic E-state index is 15.6. The number of ketones is 1. The van der Waals surface area contributed by atoms with Gasteiger partial charge in [0.15, 0.2) is 5.78 Å². The molecule has 8 aromatic carbocycles. The Kier molecular flexibility index (Phi) is 19.6. The van der Waals surface area contributed by atoms with Crippen LogP contribution in [0, 0.1) is 65.1 Å². The lowest BCUT2D eigenvalue weighted by atomic mass is 9.76. The standard InChI is InChI=1S/C91H70O3/c1-6-21-73(46-39-68-26-16-10-17-27-68)65(5)82-61-79(45-33-64(82)4)83-62-85(92)89(74-31-20-30-69(40-47-74)34-32-63(3)7-2)86(83)75-52-56-80(57-53-75)94-81-58-54-76(55-59-81)87-84(60-72-28-18-11-19-29-72)88(77-48-41-70(42-49-77)37-35-66-22-12-8-13-23-66)91(93)90(87)78-50-43-71(44-51-78)38-36-67-24-14-9-15-25-67/h6-30,33,40-45,47-59,61-62,64-65,79,85,92H,1,31,60H2,2-5H3/b63-7+,73-21-. The molecule has 0 fully saturated rings. The third-order valence-corrected chi connectivity index (χ3v) is 17.4. The van der Waals surface area contributed by atoms with E-state index in [4.69, 9.17) is 4.74 Å². The zero-order valence-corrected chi connectivity index (χ0v) is 53.3. The molecule has 4 aliphatic rings. The minimum absolute atomic E-state index is 0.00904. The topological polar surface area (TPSA) is 46.5 Å². The highest BCUT2D eigenvalue weighted by molar-refractivity contribution is 6.52. The third kappa shape index (κ3) is 14.7. The lowest BCUT2D eigenvalue weighted by Crippen LogP contribution is -2.15. The molecule has 0 bridgehead atoms. The molecule has 12 rings (SSSR count). The second-order valence-corrected chi connectivity index (χ2v) is 23.7. The van der Waals surface area contributed by atoms with Crippen molar-refractivity contribution in [3.8, 4) is 58.9 Å². The van der Waals surface area contributed by atoms with Gasteiger partial charge in [-0.25, -0.2) is 0 Å². The molecular formula is C91H70O3. The third-order valence-electron chi connectivity index (χ3n) is 17.4. The van der Waals surface area contributed by atoms with E-state index in [0.717, 1.165) is 106 Å². The van der Waals surface area contributed by atoms with Crippen LogP contribution in [0.25, 0.3) is 22.3 Å². The van der Waals surface area contributed by atoms with Gasteiger partial charge in [0, 0.05) is 61.9 Å². The minimum Gasteiger partial charge on any atom is -0.457 e. The Hall–Kier alpha value is -11.7. The largest absolute Gasteiger partial charge is 0.457 e. The molecule has 0 aromatic heterocycles. The van der Waals surface area contributed by atoms with Crippen LogP contribution in [0.15, 0.2) is 336 Å². The fraction of sp³-hybridized carbons (Fsp3) is 0.110. The molecule has 1 N–H and O–H groups in total. The molecule has 0 heterocycles. The van der Waals surface area contributed by atoms with Gasteiger partial charge in [0.25, 0.3) is 0 Å². The van der Waals surface area contributed by atoms with E-state index < -0.39 is 6.10 Å². The average molecular weight is 1210 g/mol. The van der Waals surface area contributed by atoms with Gasteiger partial charge in [0.2, 0.25) is 0 Å². The SMILES string of the molecule is C=C/C=C(/C#Cc1ccccc1)C(C)C1=CC(C2=CC(O)C(C3=CC=C(C#C/C(C)=C/C)C=CC3)=C2c2ccc(Oc3ccc(C4=C(c5ccc(C#Cc6ccccc6)cc5)C(=O)C(c5ccc(C#Cc6ccccc6)cc5)=C4Cc4ccccc4)cc3)cc2)C=CC1C. The van der Waals surface area contributed by atoms with E-state index in [9.17, 15) is 5.11 Å². The smallest absolute Gasteiger partial charge is 0.195 e. The quantitative estimate of drug-likeness (QED) is 0.0711. The highest BCUT2D eigenvalue weighted by atomic mass is 16.5. The molecule has 0 amide bonds. The van der Waals surface area contributed by atoms with Crippen molar-refractivity contribution in [2.75, 3.05) is 0 Å². The lowest BCUT2D eigenvalue weighted by Gasteiger charge is -2.28. The summed E-state index contributed by atoms with van der Waals surface area (Å²) in [6.07, 6.45) is 23.5. The Labute approximate surface area is 554 Å². The summed E-state index contributed by atoms with van der Waals surface area (Å²) in [5.74, 6) is 27.9. The molecule has 0 saturated heterocycles. The van der Waals surface area contributed by atoms with Gasteiger partial charge in [-0.05, 0) is 197 Å². The van der Waals surface area contributed by atoms with Crippen LogP contribution in [0.4, 0.5) is 0 Å². The van der Waals surface area contributed by atoms with E-state index in [-0.39, 0.29) is 23.5 Å². The number of rotatable bonds is 13. The van der Waals surface area contributed by atoms with Crippen LogP contribution in [0.1, 0.15) is 89.8 Å². The average Bonchev–Trinajstić information content (AvgIpc) is 1.60. The summed E-state index contributed by atoms with van der Waals surface area (Å²) in [7, 11) is 0. The molecule has 3 heteroatoms. The van der Waals surface area contributed by atoms with Crippen LogP contribution in [-0.2, 0) is 11.2 Å². The van der Waals surface area contributed by atoms with Crippen molar-refractivity contribution in [3.63, 3.8) is 0 Å². The van der Waals surface area contributed by atoms with Crippen LogP contribution in [-0.4, -0.2) is 17.0 Å². The fourth-order valence-corrected chi connectivity index (χ4v) is 12.4. The van der Waals surface area contributed by atoms with Crippen molar-refractivity contribution in [1.29, 1.82) is 0 Å². The normalized spacial score (nSPS) is 17.2. The van der Waals surface area contributed by atoms with E-state index in [1.165, 1.54) is 5.57 Å². The van der Waals surface area contributed by atoms with Crippen LogP contribution < -0.4 is 4.74 Å². The van der Waals surface area contributed by atoms with E-state index in [2.05, 4.69) is 147 Å². The summed E-state index contributed by atoms with van der Waals surface area (Å²) in [6.45, 7) is 12.5. The predicted molar refractivity (Wildman–Crippen MR) is 388 cm³/mol. The highest BCUT2D eigenvalue weighted by Gasteiger charge is 2.36. The monoisotopic (exact) mass is 1210 g/mol. The van der Waals surface area contributed by atoms with Gasteiger partial charge in [0.05, 0.1) is 6.10 Å². The second-order valence-electron chi connectivity index (χ2n) is 23.7. The first-order valence-electron chi connectivity index (χ1n) is 32.0. The molecular weight excluding hydrogens is 1140 g/mol. The summed E-state index contributed by atoms with van der Waals surface area (Å²) in [6, 6.07) is 72.7. The highest BCUT2D eigenvalue weighted by Crippen LogP contribution is 2.49. The molecule has 0 saturated carbocycles. The first-order valence-corrected chi connectivity index (χ1v) is 32.0. The van der Waals surface area contributed by atoms with E-state index in [0.29, 0.717) is 35.5 Å². The van der Waals surface area contributed by atoms with Crippen LogP contribution in [0.2, 0.25) is 0 Å². The Morgan fingerprint density at radius 2 is 1.07 bits per heavy atom. The maximum atomic E-state index is 15.6. The first-order chi connectivity index (χ1) is 46.1. The minimum atomic E-state index is -0.852. The van der Waals surface area contributed by atoms with Crippen molar-refractivity contribution >= 4 is 28.1 Å². The van der Waals surface area contributed by atoms with Gasteiger partial charge in [-0.3, -0.25) is 4.79 Å². The van der Waals surface area contributed by atoms with Crippen molar-refractivity contribution in [1.82, 2.24) is 0 Å². The van der Waals surface area contributed by atoms with Crippen LogP contribution in [0.3, 0.4) is 0 Å². The molecule has 8 aromatic rings. The van der Waals surface area contributed by atoms with Crippen molar-refractivity contribution in [2.45, 2.75) is 46.6 Å². The number of aliphatic hydroxyl groups is 1. The number of aliphatic hydroxyl groups excluding tert-OH is 1. The first kappa shape index (κ1) is 62.5. The van der Waals surface area contributed by atoms with E-state index >= 15 is 4.79 Å². The number of allylic oxidation sites excluding steroid dienone is 20. The van der Waals surface area contributed by atoms with Gasteiger partial charge < -0.3 is 9.84 Å². The van der Waals surface area contributed by atoms with Gasteiger partial charge in [-0.1, -0.05) is 262 Å². The van der Waals surface area contributed by atoms with E-state index in [1.54, 1.807) is 0 Å². The summed E-state index contributed by atoms with van der Waals surface area (Å²) in [5, 5.41) is 12.3. The predicted octanol–water partition coefficient (Wildman–Crippen LogP) is 19.9. The number of benzene rings is 8. The molecule has 0 aliphatic heterocycles.